The van der Waals surface area contributed by atoms with Gasteiger partial charge in [-0.3, -0.25) is 0 Å². The Morgan fingerprint density at radius 3 is 2.89 bits per heavy atom. The maximum absolute atomic E-state index is 5.99. The lowest BCUT2D eigenvalue weighted by molar-refractivity contribution is -0.0931. The third-order valence-corrected chi connectivity index (χ3v) is 5.25. The van der Waals surface area contributed by atoms with Crippen molar-refractivity contribution in [2.45, 2.75) is 57.7 Å². The van der Waals surface area contributed by atoms with E-state index in [-0.39, 0.29) is 5.60 Å². The van der Waals surface area contributed by atoms with Crippen LogP contribution < -0.4 is 5.32 Å². The van der Waals surface area contributed by atoms with E-state index in [1.165, 1.54) is 4.88 Å². The number of ether oxygens (including phenoxy) is 1. The van der Waals surface area contributed by atoms with Gasteiger partial charge >= 0.3 is 0 Å². The molecule has 4 heteroatoms. The summed E-state index contributed by atoms with van der Waals surface area (Å²) >= 11 is 7.66. The fourth-order valence-electron chi connectivity index (χ4n) is 2.64. The first kappa shape index (κ1) is 14.3. The molecule has 2 rings (SSSR count). The van der Waals surface area contributed by atoms with Crippen molar-refractivity contribution < 1.29 is 4.74 Å². The van der Waals surface area contributed by atoms with Gasteiger partial charge in [0.25, 0.3) is 0 Å². The van der Waals surface area contributed by atoms with Crippen molar-refractivity contribution in [2.75, 3.05) is 6.61 Å². The summed E-state index contributed by atoms with van der Waals surface area (Å²) in [5, 5.41) is 6.48. The molecule has 1 atom stereocenters. The zero-order valence-corrected chi connectivity index (χ0v) is 12.7. The Labute approximate surface area is 119 Å². The Morgan fingerprint density at radius 2 is 2.28 bits per heavy atom. The molecule has 18 heavy (non-hydrogen) atoms. The van der Waals surface area contributed by atoms with Crippen molar-refractivity contribution in [1.29, 1.82) is 0 Å². The molecule has 0 aromatic carbocycles. The van der Waals surface area contributed by atoms with Gasteiger partial charge in [0, 0.05) is 29.5 Å². The van der Waals surface area contributed by atoms with Crippen molar-refractivity contribution in [3.8, 4) is 0 Å². The highest BCUT2D eigenvalue weighted by atomic mass is 35.5. The van der Waals surface area contributed by atoms with Crippen LogP contribution in [-0.4, -0.2) is 18.2 Å². The molecule has 0 radical (unpaired) electrons. The molecule has 1 aromatic heterocycles. The minimum Gasteiger partial charge on any atom is -0.375 e. The second kappa shape index (κ2) is 6.38. The number of halogens is 1. The summed E-state index contributed by atoms with van der Waals surface area (Å²) in [5.41, 5.74) is 0.100. The molecule has 0 saturated carbocycles. The van der Waals surface area contributed by atoms with E-state index in [0.29, 0.717) is 6.04 Å². The number of hydrogen-bond donors (Lipinski definition) is 1. The standard InChI is InChI=1S/C14H22ClNOS/c1-3-14(4-2)8-12(5-6-17-14)16-9-13-7-11(15)10-18-13/h7,10,12,16H,3-6,8-9H2,1-2H3. The highest BCUT2D eigenvalue weighted by molar-refractivity contribution is 7.10. The topological polar surface area (TPSA) is 21.3 Å². The molecule has 102 valence electrons. The molecule has 0 spiro atoms. The maximum Gasteiger partial charge on any atom is 0.0692 e. The Kier molecular flexibility index (Phi) is 5.07. The predicted octanol–water partition coefficient (Wildman–Crippen LogP) is 4.23. The van der Waals surface area contributed by atoms with Crippen LogP contribution >= 0.6 is 22.9 Å². The summed E-state index contributed by atoms with van der Waals surface area (Å²) in [6, 6.07) is 2.62. The molecule has 1 saturated heterocycles. The van der Waals surface area contributed by atoms with E-state index < -0.39 is 0 Å². The molecule has 2 nitrogen and oxygen atoms in total. The van der Waals surface area contributed by atoms with Crippen molar-refractivity contribution >= 4 is 22.9 Å². The molecule has 1 unspecified atom stereocenters. The largest absolute Gasteiger partial charge is 0.375 e. The van der Waals surface area contributed by atoms with Gasteiger partial charge in [-0.1, -0.05) is 25.4 Å². The van der Waals surface area contributed by atoms with Gasteiger partial charge in [0.2, 0.25) is 0 Å². The summed E-state index contributed by atoms with van der Waals surface area (Å²) in [5.74, 6) is 0. The molecule has 1 aliphatic heterocycles. The Bertz CT molecular complexity index is 376. The van der Waals surface area contributed by atoms with Gasteiger partial charge in [0.15, 0.2) is 0 Å². The van der Waals surface area contributed by atoms with Gasteiger partial charge in [0.1, 0.15) is 0 Å². The van der Waals surface area contributed by atoms with Crippen molar-refractivity contribution in [3.63, 3.8) is 0 Å². The molecular weight excluding hydrogens is 266 g/mol. The van der Waals surface area contributed by atoms with Crippen LogP contribution in [0.25, 0.3) is 0 Å². The lowest BCUT2D eigenvalue weighted by Crippen LogP contribution is -2.46. The Balaban J connectivity index is 1.86. The zero-order valence-electron chi connectivity index (χ0n) is 11.2. The first-order valence-corrected chi connectivity index (χ1v) is 8.03. The van der Waals surface area contributed by atoms with Crippen LogP contribution in [-0.2, 0) is 11.3 Å². The Hall–Kier alpha value is -0.0900. The normalized spacial score (nSPS) is 23.2. The van der Waals surface area contributed by atoms with Crippen LogP contribution in [0.1, 0.15) is 44.4 Å². The van der Waals surface area contributed by atoms with E-state index in [4.69, 9.17) is 16.3 Å². The van der Waals surface area contributed by atoms with Gasteiger partial charge in [0.05, 0.1) is 10.6 Å². The SMILES string of the molecule is CCC1(CC)CC(NCc2cc(Cl)cs2)CCO1. The van der Waals surface area contributed by atoms with Gasteiger partial charge in [-0.2, -0.15) is 0 Å². The first-order valence-electron chi connectivity index (χ1n) is 6.77. The van der Waals surface area contributed by atoms with Crippen LogP contribution in [0, 0.1) is 0 Å². The molecule has 1 aliphatic rings. The van der Waals surface area contributed by atoms with Crippen LogP contribution in [0.4, 0.5) is 0 Å². The second-order valence-electron chi connectivity index (χ2n) is 5.04. The number of rotatable bonds is 5. The monoisotopic (exact) mass is 287 g/mol. The summed E-state index contributed by atoms with van der Waals surface area (Å²) < 4.78 is 5.99. The third kappa shape index (κ3) is 3.47. The lowest BCUT2D eigenvalue weighted by Gasteiger charge is -2.40. The number of nitrogens with one attached hydrogen (secondary N) is 1. The van der Waals surface area contributed by atoms with Gasteiger partial charge in [-0.05, 0) is 31.7 Å². The molecule has 2 heterocycles. The minimum atomic E-state index is 0.100. The smallest absolute Gasteiger partial charge is 0.0692 e. The van der Waals surface area contributed by atoms with E-state index in [1.54, 1.807) is 11.3 Å². The number of hydrogen-bond acceptors (Lipinski definition) is 3. The quantitative estimate of drug-likeness (QED) is 0.875. The average Bonchev–Trinajstić information content (AvgIpc) is 2.82. The van der Waals surface area contributed by atoms with E-state index in [0.717, 1.165) is 43.9 Å². The van der Waals surface area contributed by atoms with Gasteiger partial charge in [-0.25, -0.2) is 0 Å². The second-order valence-corrected chi connectivity index (χ2v) is 6.47. The lowest BCUT2D eigenvalue weighted by atomic mass is 9.86. The molecule has 1 N–H and O–H groups in total. The van der Waals surface area contributed by atoms with E-state index in [1.807, 2.05) is 11.4 Å². The minimum absolute atomic E-state index is 0.100. The molecule has 0 bridgehead atoms. The fraction of sp³-hybridized carbons (Fsp3) is 0.714. The molecule has 1 aromatic rings. The van der Waals surface area contributed by atoms with E-state index >= 15 is 0 Å². The highest BCUT2D eigenvalue weighted by Crippen LogP contribution is 2.31. The predicted molar refractivity (Wildman–Crippen MR) is 78.5 cm³/mol. The molecule has 1 fully saturated rings. The average molecular weight is 288 g/mol. The molecular formula is C14H22ClNOS. The van der Waals surface area contributed by atoms with Gasteiger partial charge < -0.3 is 10.1 Å². The summed E-state index contributed by atoms with van der Waals surface area (Å²) in [6.07, 6.45) is 4.44. The van der Waals surface area contributed by atoms with Gasteiger partial charge in [-0.15, -0.1) is 11.3 Å². The van der Waals surface area contributed by atoms with Crippen LogP contribution in [0.3, 0.4) is 0 Å². The Morgan fingerprint density at radius 1 is 1.50 bits per heavy atom. The molecule has 0 aliphatic carbocycles. The highest BCUT2D eigenvalue weighted by Gasteiger charge is 2.34. The van der Waals surface area contributed by atoms with Crippen molar-refractivity contribution in [2.24, 2.45) is 0 Å². The fourth-order valence-corrected chi connectivity index (χ4v) is 3.66. The van der Waals surface area contributed by atoms with E-state index in [9.17, 15) is 0 Å². The molecule has 0 amide bonds. The van der Waals surface area contributed by atoms with Crippen molar-refractivity contribution in [1.82, 2.24) is 5.32 Å². The van der Waals surface area contributed by atoms with Crippen LogP contribution in [0.15, 0.2) is 11.4 Å². The van der Waals surface area contributed by atoms with Crippen LogP contribution in [0.2, 0.25) is 5.02 Å². The number of thiophene rings is 1. The maximum atomic E-state index is 5.99. The van der Waals surface area contributed by atoms with Crippen molar-refractivity contribution in [3.05, 3.63) is 21.3 Å². The summed E-state index contributed by atoms with van der Waals surface area (Å²) in [7, 11) is 0. The van der Waals surface area contributed by atoms with Crippen LogP contribution in [0.5, 0.6) is 0 Å². The third-order valence-electron chi connectivity index (χ3n) is 3.97. The summed E-state index contributed by atoms with van der Waals surface area (Å²) in [6.45, 7) is 6.26. The summed E-state index contributed by atoms with van der Waals surface area (Å²) in [4.78, 5) is 1.31. The van der Waals surface area contributed by atoms with E-state index in [2.05, 4.69) is 19.2 Å². The zero-order chi connectivity index (χ0) is 13.0. The first-order chi connectivity index (χ1) is 8.67.